The Balaban J connectivity index is 1.98. The highest BCUT2D eigenvalue weighted by Crippen LogP contribution is 2.16. The number of aromatic nitrogens is 1. The SMILES string of the molecule is Cc1ccncc1CNC(=O)c1csc(/C=C/C(=O)O)c1. The molecule has 0 spiro atoms. The molecule has 0 fully saturated rings. The number of nitrogens with one attached hydrogen (secondary N) is 1. The maximum atomic E-state index is 12.0. The smallest absolute Gasteiger partial charge is 0.328 e. The standard InChI is InChI=1S/C15H14N2O3S/c1-10-4-5-16-7-12(10)8-17-15(20)11-6-13(21-9-11)2-3-14(18)19/h2-7,9H,8H2,1H3,(H,17,20)(H,18,19)/b3-2+. The Labute approximate surface area is 126 Å². The van der Waals surface area contributed by atoms with Gasteiger partial charge in [0.15, 0.2) is 0 Å². The molecule has 2 aromatic rings. The average molecular weight is 302 g/mol. The number of nitrogens with zero attached hydrogens (tertiary/aromatic N) is 1. The molecule has 0 saturated carbocycles. The van der Waals surface area contributed by atoms with Crippen LogP contribution < -0.4 is 5.32 Å². The Kier molecular flexibility index (Phi) is 4.84. The fraction of sp³-hybridized carbons (Fsp3) is 0.133. The number of amides is 1. The van der Waals surface area contributed by atoms with Crippen LogP contribution >= 0.6 is 11.3 Å². The maximum absolute atomic E-state index is 12.0. The average Bonchev–Trinajstić information content (AvgIpc) is 2.93. The first kappa shape index (κ1) is 14.9. The summed E-state index contributed by atoms with van der Waals surface area (Å²) in [6.45, 7) is 2.37. The summed E-state index contributed by atoms with van der Waals surface area (Å²) < 4.78 is 0. The van der Waals surface area contributed by atoms with E-state index < -0.39 is 5.97 Å². The van der Waals surface area contributed by atoms with Gasteiger partial charge in [0.25, 0.3) is 5.91 Å². The molecule has 1 amide bonds. The summed E-state index contributed by atoms with van der Waals surface area (Å²) in [5, 5.41) is 13.1. The van der Waals surface area contributed by atoms with E-state index in [4.69, 9.17) is 5.11 Å². The lowest BCUT2D eigenvalue weighted by Crippen LogP contribution is -2.22. The second-order valence-corrected chi connectivity index (χ2v) is 5.34. The van der Waals surface area contributed by atoms with Crippen LogP contribution in [-0.4, -0.2) is 22.0 Å². The van der Waals surface area contributed by atoms with Gasteiger partial charge < -0.3 is 10.4 Å². The van der Waals surface area contributed by atoms with Gasteiger partial charge in [-0.25, -0.2) is 4.79 Å². The van der Waals surface area contributed by atoms with Crippen molar-refractivity contribution in [1.29, 1.82) is 0 Å². The molecule has 5 nitrogen and oxygen atoms in total. The van der Waals surface area contributed by atoms with Gasteiger partial charge in [-0.3, -0.25) is 9.78 Å². The number of carbonyl (C=O) groups excluding carboxylic acids is 1. The molecule has 0 saturated heterocycles. The van der Waals surface area contributed by atoms with Crippen LogP contribution in [0.15, 0.2) is 36.0 Å². The number of rotatable bonds is 5. The van der Waals surface area contributed by atoms with Crippen molar-refractivity contribution in [3.8, 4) is 0 Å². The fourth-order valence-electron chi connectivity index (χ4n) is 1.67. The predicted octanol–water partition coefficient (Wildman–Crippen LogP) is 2.48. The van der Waals surface area contributed by atoms with Crippen LogP contribution in [0, 0.1) is 6.92 Å². The largest absolute Gasteiger partial charge is 0.478 e. The van der Waals surface area contributed by atoms with Crippen molar-refractivity contribution in [1.82, 2.24) is 10.3 Å². The zero-order valence-electron chi connectivity index (χ0n) is 11.4. The van der Waals surface area contributed by atoms with E-state index in [0.29, 0.717) is 12.1 Å². The van der Waals surface area contributed by atoms with Gasteiger partial charge in [0.1, 0.15) is 0 Å². The van der Waals surface area contributed by atoms with Gasteiger partial charge in [0.05, 0.1) is 5.56 Å². The number of carbonyl (C=O) groups is 2. The van der Waals surface area contributed by atoms with Crippen molar-refractivity contribution >= 4 is 29.3 Å². The van der Waals surface area contributed by atoms with Gasteiger partial charge in [0, 0.05) is 35.3 Å². The molecule has 0 bridgehead atoms. The summed E-state index contributed by atoms with van der Waals surface area (Å²) in [4.78, 5) is 27.2. The molecule has 2 N–H and O–H groups in total. The quantitative estimate of drug-likeness (QED) is 0.832. The van der Waals surface area contributed by atoms with Gasteiger partial charge in [-0.1, -0.05) is 0 Å². The van der Waals surface area contributed by atoms with Gasteiger partial charge in [-0.2, -0.15) is 0 Å². The van der Waals surface area contributed by atoms with Crippen LogP contribution in [0.1, 0.15) is 26.4 Å². The van der Waals surface area contributed by atoms with Crippen LogP contribution in [0.25, 0.3) is 6.08 Å². The molecular formula is C15H14N2O3S. The molecule has 0 radical (unpaired) electrons. The Morgan fingerprint density at radius 3 is 3.00 bits per heavy atom. The number of pyridine rings is 1. The number of hydrogen-bond donors (Lipinski definition) is 2. The van der Waals surface area contributed by atoms with Gasteiger partial charge in [0.2, 0.25) is 0 Å². The Bertz CT molecular complexity index is 692. The molecule has 21 heavy (non-hydrogen) atoms. The predicted molar refractivity (Wildman–Crippen MR) is 81.1 cm³/mol. The monoisotopic (exact) mass is 302 g/mol. The summed E-state index contributed by atoms with van der Waals surface area (Å²) >= 11 is 1.32. The van der Waals surface area contributed by atoms with Crippen molar-refractivity contribution in [2.45, 2.75) is 13.5 Å². The molecule has 0 aliphatic rings. The van der Waals surface area contributed by atoms with E-state index in [9.17, 15) is 9.59 Å². The van der Waals surface area contributed by atoms with Gasteiger partial charge >= 0.3 is 5.97 Å². The summed E-state index contributed by atoms with van der Waals surface area (Å²) in [6.07, 6.45) is 5.95. The zero-order valence-corrected chi connectivity index (χ0v) is 12.2. The molecule has 108 valence electrons. The van der Waals surface area contributed by atoms with Crippen molar-refractivity contribution in [2.75, 3.05) is 0 Å². The number of aliphatic carboxylic acids is 1. The number of carboxylic acids is 1. The Morgan fingerprint density at radius 1 is 1.48 bits per heavy atom. The minimum Gasteiger partial charge on any atom is -0.478 e. The Hall–Kier alpha value is -2.47. The number of aryl methyl sites for hydroxylation is 1. The summed E-state index contributed by atoms with van der Waals surface area (Å²) in [6, 6.07) is 3.55. The third kappa shape index (κ3) is 4.25. The summed E-state index contributed by atoms with van der Waals surface area (Å²) in [5.41, 5.74) is 2.55. The lowest BCUT2D eigenvalue weighted by atomic mass is 10.1. The van der Waals surface area contributed by atoms with Crippen LogP contribution in [0.4, 0.5) is 0 Å². The molecular weight excluding hydrogens is 288 g/mol. The van der Waals surface area contributed by atoms with E-state index in [1.54, 1.807) is 23.8 Å². The molecule has 0 aromatic carbocycles. The first-order chi connectivity index (χ1) is 10.1. The second kappa shape index (κ2) is 6.81. The van der Waals surface area contributed by atoms with Crippen LogP contribution in [0.5, 0.6) is 0 Å². The van der Waals surface area contributed by atoms with E-state index >= 15 is 0 Å². The minimum atomic E-state index is -1.01. The fourth-order valence-corrected chi connectivity index (χ4v) is 2.45. The van der Waals surface area contributed by atoms with E-state index in [1.165, 1.54) is 17.4 Å². The van der Waals surface area contributed by atoms with Crippen molar-refractivity contribution in [2.24, 2.45) is 0 Å². The second-order valence-electron chi connectivity index (χ2n) is 4.39. The van der Waals surface area contributed by atoms with Crippen molar-refractivity contribution in [3.05, 3.63) is 57.6 Å². The van der Waals surface area contributed by atoms with Gasteiger partial charge in [-0.15, -0.1) is 11.3 Å². The highest BCUT2D eigenvalue weighted by Gasteiger charge is 2.08. The van der Waals surface area contributed by atoms with E-state index in [-0.39, 0.29) is 5.91 Å². The maximum Gasteiger partial charge on any atom is 0.328 e. The molecule has 2 heterocycles. The first-order valence-corrected chi connectivity index (χ1v) is 7.11. The van der Waals surface area contributed by atoms with Crippen LogP contribution in [-0.2, 0) is 11.3 Å². The first-order valence-electron chi connectivity index (χ1n) is 6.23. The van der Waals surface area contributed by atoms with Crippen molar-refractivity contribution in [3.63, 3.8) is 0 Å². The van der Waals surface area contributed by atoms with Crippen LogP contribution in [0.2, 0.25) is 0 Å². The number of thiophene rings is 1. The molecule has 0 atom stereocenters. The van der Waals surface area contributed by atoms with Gasteiger partial charge in [-0.05, 0) is 36.3 Å². The minimum absolute atomic E-state index is 0.190. The molecule has 2 aromatic heterocycles. The zero-order chi connectivity index (χ0) is 15.2. The van der Waals surface area contributed by atoms with Crippen LogP contribution in [0.3, 0.4) is 0 Å². The third-order valence-corrected chi connectivity index (χ3v) is 3.76. The summed E-state index contributed by atoms with van der Waals surface area (Å²) in [7, 11) is 0. The summed E-state index contributed by atoms with van der Waals surface area (Å²) in [5.74, 6) is -1.20. The molecule has 0 aliphatic carbocycles. The highest BCUT2D eigenvalue weighted by molar-refractivity contribution is 7.11. The molecule has 0 unspecified atom stereocenters. The van der Waals surface area contributed by atoms with E-state index in [0.717, 1.165) is 22.1 Å². The van der Waals surface area contributed by atoms with E-state index in [1.807, 2.05) is 13.0 Å². The van der Waals surface area contributed by atoms with Crippen molar-refractivity contribution < 1.29 is 14.7 Å². The lowest BCUT2D eigenvalue weighted by molar-refractivity contribution is -0.131. The molecule has 6 heteroatoms. The lowest BCUT2D eigenvalue weighted by Gasteiger charge is -2.06. The molecule has 2 rings (SSSR count). The highest BCUT2D eigenvalue weighted by atomic mass is 32.1. The molecule has 0 aliphatic heterocycles. The van der Waals surface area contributed by atoms with E-state index in [2.05, 4.69) is 10.3 Å². The third-order valence-electron chi connectivity index (χ3n) is 2.86. The topological polar surface area (TPSA) is 79.3 Å². The Morgan fingerprint density at radius 2 is 2.29 bits per heavy atom. The number of carboxylic acid groups (broad SMARTS) is 1. The number of hydrogen-bond acceptors (Lipinski definition) is 4. The normalized spacial score (nSPS) is 10.7.